The number of esters is 1. The topological polar surface area (TPSA) is 90.9 Å². The van der Waals surface area contributed by atoms with Gasteiger partial charge in [-0.3, -0.25) is 14.4 Å². The zero-order valence-corrected chi connectivity index (χ0v) is 17.8. The van der Waals surface area contributed by atoms with Gasteiger partial charge >= 0.3 is 5.97 Å². The Kier molecular flexibility index (Phi) is 6.91. The van der Waals surface area contributed by atoms with Crippen molar-refractivity contribution in [2.45, 2.75) is 0 Å². The standard InChI is InChI=1S/C21H18ClNO6S/c1-27-15-8-7-12(9-16(15)28-2)14(24)11-29-18(25)10-23-21(26)20-19(22)13-5-3-4-6-17(13)30-20/h3-9H,10-11H2,1-2H3,(H,23,26). The lowest BCUT2D eigenvalue weighted by atomic mass is 10.1. The number of carbonyl (C=O) groups excluding carboxylic acids is 3. The van der Waals surface area contributed by atoms with Gasteiger partial charge in [-0.15, -0.1) is 11.3 Å². The highest BCUT2D eigenvalue weighted by Gasteiger charge is 2.18. The molecule has 9 heteroatoms. The summed E-state index contributed by atoms with van der Waals surface area (Å²) in [5, 5.41) is 3.58. The predicted octanol–water partition coefficient (Wildman–Crippen LogP) is 3.73. The number of amides is 1. The first-order chi connectivity index (χ1) is 14.4. The van der Waals surface area contributed by atoms with Gasteiger partial charge in [0.15, 0.2) is 23.9 Å². The third-order valence-electron chi connectivity index (χ3n) is 4.20. The van der Waals surface area contributed by atoms with Crippen LogP contribution < -0.4 is 14.8 Å². The van der Waals surface area contributed by atoms with E-state index in [4.69, 9.17) is 25.8 Å². The monoisotopic (exact) mass is 447 g/mol. The highest BCUT2D eigenvalue weighted by atomic mass is 35.5. The number of benzene rings is 2. The van der Waals surface area contributed by atoms with E-state index in [1.165, 1.54) is 31.6 Å². The van der Waals surface area contributed by atoms with E-state index >= 15 is 0 Å². The first-order valence-electron chi connectivity index (χ1n) is 8.80. The Hall–Kier alpha value is -3.10. The van der Waals surface area contributed by atoms with Crippen LogP contribution in [-0.2, 0) is 9.53 Å². The smallest absolute Gasteiger partial charge is 0.325 e. The van der Waals surface area contributed by atoms with Crippen LogP contribution in [0.1, 0.15) is 20.0 Å². The Morgan fingerprint density at radius 2 is 1.77 bits per heavy atom. The molecule has 0 saturated carbocycles. The van der Waals surface area contributed by atoms with Crippen LogP contribution in [0.2, 0.25) is 5.02 Å². The molecule has 2 aromatic carbocycles. The maximum atomic E-state index is 12.3. The number of hydrogen-bond donors (Lipinski definition) is 1. The van der Waals surface area contributed by atoms with Crippen molar-refractivity contribution in [3.63, 3.8) is 0 Å². The molecule has 1 amide bonds. The Bertz CT molecular complexity index is 1110. The molecule has 3 rings (SSSR count). The fourth-order valence-electron chi connectivity index (χ4n) is 2.68. The first-order valence-corrected chi connectivity index (χ1v) is 10.00. The molecule has 156 valence electrons. The Labute approximate surface area is 181 Å². The van der Waals surface area contributed by atoms with E-state index in [-0.39, 0.29) is 6.54 Å². The number of halogens is 1. The van der Waals surface area contributed by atoms with Gasteiger partial charge < -0.3 is 19.5 Å². The lowest BCUT2D eigenvalue weighted by Crippen LogP contribution is -2.31. The van der Waals surface area contributed by atoms with Gasteiger partial charge in [-0.1, -0.05) is 29.8 Å². The second-order valence-corrected chi connectivity index (χ2v) is 7.51. The summed E-state index contributed by atoms with van der Waals surface area (Å²) in [4.78, 5) is 36.8. The molecule has 1 aromatic heterocycles. The Balaban J connectivity index is 1.54. The molecule has 0 saturated heterocycles. The summed E-state index contributed by atoms with van der Waals surface area (Å²) in [7, 11) is 2.94. The number of carbonyl (C=O) groups is 3. The Morgan fingerprint density at radius 1 is 1.03 bits per heavy atom. The normalized spacial score (nSPS) is 10.5. The molecule has 1 heterocycles. The van der Waals surface area contributed by atoms with Gasteiger partial charge in [-0.25, -0.2) is 0 Å². The number of ketones is 1. The van der Waals surface area contributed by atoms with E-state index in [2.05, 4.69) is 5.32 Å². The fourth-order valence-corrected chi connectivity index (χ4v) is 4.12. The van der Waals surface area contributed by atoms with Crippen molar-refractivity contribution in [1.29, 1.82) is 0 Å². The summed E-state index contributed by atoms with van der Waals surface area (Å²) in [6, 6.07) is 12.0. The molecule has 0 aliphatic carbocycles. The molecule has 1 N–H and O–H groups in total. The molecule has 0 atom stereocenters. The molecule has 30 heavy (non-hydrogen) atoms. The predicted molar refractivity (Wildman–Crippen MR) is 114 cm³/mol. The van der Waals surface area contributed by atoms with E-state index in [0.717, 1.165) is 10.1 Å². The van der Waals surface area contributed by atoms with Crippen molar-refractivity contribution in [2.75, 3.05) is 27.4 Å². The van der Waals surface area contributed by atoms with Crippen molar-refractivity contribution >= 4 is 50.7 Å². The van der Waals surface area contributed by atoms with E-state index in [1.54, 1.807) is 12.1 Å². The van der Waals surface area contributed by atoms with Gasteiger partial charge in [0.1, 0.15) is 11.4 Å². The zero-order chi connectivity index (χ0) is 21.7. The number of ether oxygens (including phenoxy) is 3. The molecule has 0 fully saturated rings. The minimum Gasteiger partial charge on any atom is -0.493 e. The van der Waals surface area contributed by atoms with E-state index in [9.17, 15) is 14.4 Å². The van der Waals surface area contributed by atoms with Gasteiger partial charge in [0.05, 0.1) is 19.2 Å². The molecular weight excluding hydrogens is 430 g/mol. The number of hydrogen-bond acceptors (Lipinski definition) is 7. The van der Waals surface area contributed by atoms with Crippen molar-refractivity contribution < 1.29 is 28.6 Å². The summed E-state index contributed by atoms with van der Waals surface area (Å²) in [5.74, 6) is -0.766. The highest BCUT2D eigenvalue weighted by Crippen LogP contribution is 2.35. The first kappa shape index (κ1) is 21.6. The van der Waals surface area contributed by atoms with Gasteiger partial charge in [-0.2, -0.15) is 0 Å². The third-order valence-corrected chi connectivity index (χ3v) is 5.88. The molecular formula is C21H18ClNO6S. The molecule has 0 spiro atoms. The van der Waals surface area contributed by atoms with E-state index < -0.39 is 24.3 Å². The van der Waals surface area contributed by atoms with Crippen molar-refractivity contribution in [1.82, 2.24) is 5.32 Å². The van der Waals surface area contributed by atoms with Gasteiger partial charge in [0.2, 0.25) is 0 Å². The molecule has 7 nitrogen and oxygen atoms in total. The van der Waals surface area contributed by atoms with Crippen LogP contribution in [0, 0.1) is 0 Å². The fraction of sp³-hybridized carbons (Fsp3) is 0.190. The molecule has 0 aliphatic rings. The van der Waals surface area contributed by atoms with Crippen molar-refractivity contribution in [2.24, 2.45) is 0 Å². The minimum absolute atomic E-state index is 0.307. The lowest BCUT2D eigenvalue weighted by molar-refractivity contribution is -0.141. The average Bonchev–Trinajstić information content (AvgIpc) is 3.12. The van der Waals surface area contributed by atoms with Crippen LogP contribution in [0.5, 0.6) is 11.5 Å². The van der Waals surface area contributed by atoms with E-state index in [1.807, 2.05) is 24.3 Å². The van der Waals surface area contributed by atoms with Crippen molar-refractivity contribution in [3.8, 4) is 11.5 Å². The summed E-state index contributed by atoms with van der Waals surface area (Å²) in [6.07, 6.45) is 0. The highest BCUT2D eigenvalue weighted by molar-refractivity contribution is 7.21. The lowest BCUT2D eigenvalue weighted by Gasteiger charge is -2.09. The molecule has 0 unspecified atom stereocenters. The number of methoxy groups -OCH3 is 2. The summed E-state index contributed by atoms with van der Waals surface area (Å²) < 4.78 is 16.1. The largest absolute Gasteiger partial charge is 0.493 e. The zero-order valence-electron chi connectivity index (χ0n) is 16.2. The number of Topliss-reactive ketones (excluding diaryl/α,β-unsaturated/α-hetero) is 1. The van der Waals surface area contributed by atoms with Crippen LogP contribution in [0.25, 0.3) is 10.1 Å². The molecule has 0 bridgehead atoms. The van der Waals surface area contributed by atoms with Gasteiger partial charge in [-0.05, 0) is 24.3 Å². The molecule has 3 aromatic rings. The van der Waals surface area contributed by atoms with Crippen LogP contribution >= 0.6 is 22.9 Å². The molecule has 0 radical (unpaired) electrons. The maximum absolute atomic E-state index is 12.3. The van der Waals surface area contributed by atoms with E-state index in [0.29, 0.717) is 27.0 Å². The summed E-state index contributed by atoms with van der Waals surface area (Å²) >= 11 is 7.49. The third kappa shape index (κ3) is 4.72. The maximum Gasteiger partial charge on any atom is 0.325 e. The quantitative estimate of drug-likeness (QED) is 0.418. The van der Waals surface area contributed by atoms with Crippen LogP contribution in [0.4, 0.5) is 0 Å². The van der Waals surface area contributed by atoms with Gasteiger partial charge in [0, 0.05) is 15.6 Å². The van der Waals surface area contributed by atoms with Crippen LogP contribution in [0.3, 0.4) is 0 Å². The summed E-state index contributed by atoms with van der Waals surface area (Å²) in [5.41, 5.74) is 0.307. The number of nitrogens with one attached hydrogen (secondary N) is 1. The number of rotatable bonds is 8. The van der Waals surface area contributed by atoms with Crippen LogP contribution in [-0.4, -0.2) is 45.0 Å². The SMILES string of the molecule is COc1ccc(C(=O)COC(=O)CNC(=O)c2sc3ccccc3c2Cl)cc1OC. The van der Waals surface area contributed by atoms with Gasteiger partial charge in [0.25, 0.3) is 5.91 Å². The Morgan fingerprint density at radius 3 is 2.47 bits per heavy atom. The summed E-state index contributed by atoms with van der Waals surface area (Å²) in [6.45, 7) is -0.851. The number of fused-ring (bicyclic) bond motifs is 1. The number of thiophene rings is 1. The van der Waals surface area contributed by atoms with Crippen LogP contribution in [0.15, 0.2) is 42.5 Å². The minimum atomic E-state index is -0.741. The average molecular weight is 448 g/mol. The molecule has 0 aliphatic heterocycles. The van der Waals surface area contributed by atoms with Crippen molar-refractivity contribution in [3.05, 3.63) is 57.9 Å². The second-order valence-electron chi connectivity index (χ2n) is 6.08. The second kappa shape index (κ2) is 9.60.